The molecular weight excluding hydrogens is 342 g/mol. The van der Waals surface area contributed by atoms with Gasteiger partial charge in [0.1, 0.15) is 5.69 Å². The number of ether oxygens (including phenoxy) is 1. The highest BCUT2D eigenvalue weighted by Gasteiger charge is 2.29. The first-order valence-electron chi connectivity index (χ1n) is 9.61. The molecule has 0 spiro atoms. The zero-order valence-corrected chi connectivity index (χ0v) is 15.5. The van der Waals surface area contributed by atoms with Crippen LogP contribution in [0.1, 0.15) is 18.4 Å². The van der Waals surface area contributed by atoms with E-state index in [9.17, 15) is 4.79 Å². The first-order valence-corrected chi connectivity index (χ1v) is 9.61. The molecule has 2 aliphatic rings. The lowest BCUT2D eigenvalue weighted by atomic mass is 9.95. The topological polar surface area (TPSA) is 71.5 Å². The summed E-state index contributed by atoms with van der Waals surface area (Å²) in [6.07, 6.45) is 7.34. The Hall–Kier alpha value is -2.38. The Kier molecular flexibility index (Phi) is 5.69. The standard InChI is InChI=1S/C20H25N5O2/c26-20(25-9-11-27-12-10-25)17-4-7-24(8-5-17)15-16-13-22-19(23-14-16)18-3-1-2-6-21-18/h1-3,6,13-14,17H,4-5,7-12,15H2. The lowest BCUT2D eigenvalue weighted by Gasteiger charge is -2.35. The number of pyridine rings is 1. The molecule has 4 heterocycles. The normalized spacial score (nSPS) is 19.2. The van der Waals surface area contributed by atoms with Crippen LogP contribution in [0.4, 0.5) is 0 Å². The Balaban J connectivity index is 1.28. The zero-order chi connectivity index (χ0) is 18.5. The number of carbonyl (C=O) groups excluding carboxylic acids is 1. The third-order valence-electron chi connectivity index (χ3n) is 5.27. The van der Waals surface area contributed by atoms with E-state index in [0.717, 1.165) is 56.8 Å². The van der Waals surface area contributed by atoms with Crippen molar-refractivity contribution < 1.29 is 9.53 Å². The number of nitrogens with zero attached hydrogens (tertiary/aromatic N) is 5. The molecule has 2 fully saturated rings. The quantitative estimate of drug-likeness (QED) is 0.818. The van der Waals surface area contributed by atoms with Crippen molar-refractivity contribution in [1.82, 2.24) is 24.8 Å². The maximum atomic E-state index is 12.6. The molecule has 0 N–H and O–H groups in total. The third-order valence-corrected chi connectivity index (χ3v) is 5.27. The molecule has 0 radical (unpaired) electrons. The Morgan fingerprint density at radius 1 is 1.04 bits per heavy atom. The van der Waals surface area contributed by atoms with Crippen LogP contribution in [0.15, 0.2) is 36.8 Å². The fourth-order valence-corrected chi connectivity index (χ4v) is 3.70. The van der Waals surface area contributed by atoms with E-state index in [1.54, 1.807) is 6.20 Å². The maximum absolute atomic E-state index is 12.6. The summed E-state index contributed by atoms with van der Waals surface area (Å²) in [5, 5.41) is 0. The van der Waals surface area contributed by atoms with E-state index in [-0.39, 0.29) is 5.92 Å². The molecule has 4 rings (SSSR count). The summed E-state index contributed by atoms with van der Waals surface area (Å²) in [4.78, 5) is 30.1. The van der Waals surface area contributed by atoms with E-state index in [0.29, 0.717) is 24.9 Å². The first-order chi connectivity index (χ1) is 13.3. The minimum Gasteiger partial charge on any atom is -0.378 e. The molecule has 0 unspecified atom stereocenters. The number of carbonyl (C=O) groups is 1. The van der Waals surface area contributed by atoms with Gasteiger partial charge in [-0.25, -0.2) is 9.97 Å². The number of aromatic nitrogens is 3. The van der Waals surface area contributed by atoms with Crippen LogP contribution >= 0.6 is 0 Å². The van der Waals surface area contributed by atoms with Crippen molar-refractivity contribution >= 4 is 5.91 Å². The summed E-state index contributed by atoms with van der Waals surface area (Å²) < 4.78 is 5.34. The fraction of sp³-hybridized carbons (Fsp3) is 0.500. The summed E-state index contributed by atoms with van der Waals surface area (Å²) in [5.74, 6) is 1.11. The number of hydrogen-bond acceptors (Lipinski definition) is 6. The molecule has 0 aliphatic carbocycles. The average Bonchev–Trinajstić information content (AvgIpc) is 2.76. The molecule has 2 saturated heterocycles. The average molecular weight is 367 g/mol. The highest BCUT2D eigenvalue weighted by atomic mass is 16.5. The van der Waals surface area contributed by atoms with Crippen LogP contribution in [0.3, 0.4) is 0 Å². The summed E-state index contributed by atoms with van der Waals surface area (Å²) >= 11 is 0. The molecule has 7 nitrogen and oxygen atoms in total. The van der Waals surface area contributed by atoms with Gasteiger partial charge in [-0.1, -0.05) is 6.07 Å². The Morgan fingerprint density at radius 2 is 1.78 bits per heavy atom. The van der Waals surface area contributed by atoms with Crippen molar-refractivity contribution in [3.63, 3.8) is 0 Å². The molecule has 0 saturated carbocycles. The summed E-state index contributed by atoms with van der Waals surface area (Å²) in [6.45, 7) is 5.49. The second kappa shape index (κ2) is 8.54. The van der Waals surface area contributed by atoms with Gasteiger partial charge in [0.05, 0.1) is 13.2 Å². The van der Waals surface area contributed by atoms with Crippen LogP contribution in [-0.2, 0) is 16.1 Å². The molecular formula is C20H25N5O2. The molecule has 2 aromatic heterocycles. The molecule has 0 aromatic carbocycles. The van der Waals surface area contributed by atoms with Gasteiger partial charge in [0.15, 0.2) is 5.82 Å². The van der Waals surface area contributed by atoms with Gasteiger partial charge in [-0.3, -0.25) is 14.7 Å². The van der Waals surface area contributed by atoms with Crippen LogP contribution in [-0.4, -0.2) is 70.1 Å². The minimum atomic E-state index is 0.155. The van der Waals surface area contributed by atoms with Crippen molar-refractivity contribution in [2.45, 2.75) is 19.4 Å². The van der Waals surface area contributed by atoms with Gasteiger partial charge >= 0.3 is 0 Å². The number of morpholine rings is 1. The Bertz CT molecular complexity index is 739. The highest BCUT2D eigenvalue weighted by molar-refractivity contribution is 5.79. The Labute approximate surface area is 159 Å². The predicted molar refractivity (Wildman–Crippen MR) is 101 cm³/mol. The van der Waals surface area contributed by atoms with Gasteiger partial charge in [-0.05, 0) is 38.1 Å². The Morgan fingerprint density at radius 3 is 2.44 bits per heavy atom. The van der Waals surface area contributed by atoms with Crippen molar-refractivity contribution in [2.75, 3.05) is 39.4 Å². The summed E-state index contributed by atoms with van der Waals surface area (Å²) in [5.41, 5.74) is 1.87. The molecule has 2 aliphatic heterocycles. The van der Waals surface area contributed by atoms with E-state index in [4.69, 9.17) is 4.74 Å². The van der Waals surface area contributed by atoms with Crippen LogP contribution < -0.4 is 0 Å². The molecule has 2 aromatic rings. The van der Waals surface area contributed by atoms with Gasteiger partial charge < -0.3 is 9.64 Å². The van der Waals surface area contributed by atoms with Crippen molar-refractivity contribution in [1.29, 1.82) is 0 Å². The predicted octanol–water partition coefficient (Wildman–Crippen LogP) is 1.61. The highest BCUT2D eigenvalue weighted by Crippen LogP contribution is 2.22. The van der Waals surface area contributed by atoms with Gasteiger partial charge in [-0.15, -0.1) is 0 Å². The lowest BCUT2D eigenvalue weighted by molar-refractivity contribution is -0.141. The smallest absolute Gasteiger partial charge is 0.225 e. The van der Waals surface area contributed by atoms with Crippen LogP contribution in [0, 0.1) is 5.92 Å². The van der Waals surface area contributed by atoms with Crippen LogP contribution in [0.2, 0.25) is 0 Å². The molecule has 142 valence electrons. The zero-order valence-electron chi connectivity index (χ0n) is 15.5. The minimum absolute atomic E-state index is 0.155. The number of likely N-dealkylation sites (tertiary alicyclic amines) is 1. The molecule has 27 heavy (non-hydrogen) atoms. The van der Waals surface area contributed by atoms with E-state index < -0.39 is 0 Å². The van der Waals surface area contributed by atoms with Crippen molar-refractivity contribution in [3.8, 4) is 11.5 Å². The second-order valence-electron chi connectivity index (χ2n) is 7.12. The SMILES string of the molecule is O=C(C1CCN(Cc2cnc(-c3ccccn3)nc2)CC1)N1CCOCC1. The van der Waals surface area contributed by atoms with Crippen LogP contribution in [0.5, 0.6) is 0 Å². The maximum Gasteiger partial charge on any atom is 0.225 e. The van der Waals surface area contributed by atoms with Crippen molar-refractivity contribution in [3.05, 3.63) is 42.4 Å². The van der Waals surface area contributed by atoms with Gasteiger partial charge in [-0.2, -0.15) is 0 Å². The third kappa shape index (κ3) is 4.48. The van der Waals surface area contributed by atoms with Crippen molar-refractivity contribution in [2.24, 2.45) is 5.92 Å². The van der Waals surface area contributed by atoms with Gasteiger partial charge in [0, 0.05) is 49.7 Å². The monoisotopic (exact) mass is 367 g/mol. The van der Waals surface area contributed by atoms with E-state index in [2.05, 4.69) is 19.9 Å². The molecule has 7 heteroatoms. The number of hydrogen-bond donors (Lipinski definition) is 0. The summed E-state index contributed by atoms with van der Waals surface area (Å²) in [7, 11) is 0. The van der Waals surface area contributed by atoms with Gasteiger partial charge in [0.25, 0.3) is 0 Å². The summed E-state index contributed by atoms with van der Waals surface area (Å²) in [6, 6.07) is 5.72. The number of piperidine rings is 1. The first kappa shape index (κ1) is 18.0. The fourth-order valence-electron chi connectivity index (χ4n) is 3.70. The second-order valence-corrected chi connectivity index (χ2v) is 7.12. The van der Waals surface area contributed by atoms with E-state index >= 15 is 0 Å². The largest absolute Gasteiger partial charge is 0.378 e. The molecule has 0 bridgehead atoms. The van der Waals surface area contributed by atoms with Gasteiger partial charge in [0.2, 0.25) is 5.91 Å². The molecule has 0 atom stereocenters. The lowest BCUT2D eigenvalue weighted by Crippen LogP contribution is -2.46. The number of amides is 1. The molecule has 1 amide bonds. The van der Waals surface area contributed by atoms with E-state index in [1.165, 1.54) is 0 Å². The van der Waals surface area contributed by atoms with Crippen LogP contribution in [0.25, 0.3) is 11.5 Å². The number of rotatable bonds is 4. The van der Waals surface area contributed by atoms with E-state index in [1.807, 2.05) is 35.5 Å².